The Bertz CT molecular complexity index is 976. The number of hydrogen-bond acceptors (Lipinski definition) is 4. The molecule has 3 amide bonds. The fourth-order valence-corrected chi connectivity index (χ4v) is 6.75. The highest BCUT2D eigenvalue weighted by molar-refractivity contribution is 7.89. The van der Waals surface area contributed by atoms with Gasteiger partial charge in [0.2, 0.25) is 15.9 Å². The summed E-state index contributed by atoms with van der Waals surface area (Å²) in [6.45, 7) is 8.00. The van der Waals surface area contributed by atoms with Crippen LogP contribution < -0.4 is 0 Å². The van der Waals surface area contributed by atoms with Gasteiger partial charge in [-0.3, -0.25) is 4.79 Å². The molecule has 182 valence electrons. The van der Waals surface area contributed by atoms with Gasteiger partial charge in [-0.2, -0.15) is 4.31 Å². The molecule has 3 aliphatic rings. The van der Waals surface area contributed by atoms with Crippen LogP contribution in [0.5, 0.6) is 0 Å². The average Bonchev–Trinajstić information content (AvgIpc) is 3.32. The van der Waals surface area contributed by atoms with Gasteiger partial charge in [0, 0.05) is 58.3 Å². The number of piperidine rings is 1. The van der Waals surface area contributed by atoms with Crippen LogP contribution in [0, 0.1) is 5.92 Å². The molecule has 0 aromatic heterocycles. The van der Waals surface area contributed by atoms with E-state index >= 15 is 0 Å². The number of rotatable bonds is 5. The molecule has 2 heterocycles. The topological polar surface area (TPSA) is 81.2 Å². The average molecular weight is 477 g/mol. The first-order chi connectivity index (χ1) is 15.8. The zero-order chi connectivity index (χ0) is 23.6. The molecule has 0 saturated carbocycles. The fourth-order valence-electron chi connectivity index (χ4n) is 5.28. The molecule has 0 radical (unpaired) electrons. The molecule has 33 heavy (non-hydrogen) atoms. The molecule has 0 spiro atoms. The summed E-state index contributed by atoms with van der Waals surface area (Å²) >= 11 is 0. The zero-order valence-corrected chi connectivity index (χ0v) is 20.6. The Hall–Kier alpha value is -2.13. The molecule has 0 bridgehead atoms. The summed E-state index contributed by atoms with van der Waals surface area (Å²) in [7, 11) is -3.54. The van der Waals surface area contributed by atoms with Crippen molar-refractivity contribution in [3.8, 4) is 0 Å². The van der Waals surface area contributed by atoms with Crippen LogP contribution in [-0.4, -0.2) is 91.7 Å². The maximum Gasteiger partial charge on any atom is 0.319 e. The summed E-state index contributed by atoms with van der Waals surface area (Å²) in [6, 6.07) is 5.57. The van der Waals surface area contributed by atoms with Crippen molar-refractivity contribution < 1.29 is 18.0 Å². The minimum atomic E-state index is -3.54. The van der Waals surface area contributed by atoms with Gasteiger partial charge in [-0.15, -0.1) is 0 Å². The molecular formula is C24H36N4O4S. The van der Waals surface area contributed by atoms with E-state index in [1.807, 2.05) is 35.8 Å². The molecule has 2 saturated heterocycles. The second-order valence-electron chi connectivity index (χ2n) is 9.23. The zero-order valence-electron chi connectivity index (χ0n) is 19.8. The van der Waals surface area contributed by atoms with Crippen molar-refractivity contribution in [3.05, 3.63) is 29.3 Å². The van der Waals surface area contributed by atoms with Crippen molar-refractivity contribution in [2.24, 2.45) is 5.92 Å². The summed E-state index contributed by atoms with van der Waals surface area (Å²) in [5.41, 5.74) is 2.41. The number of nitrogens with zero attached hydrogens (tertiary/aromatic N) is 4. The largest absolute Gasteiger partial charge is 0.340 e. The highest BCUT2D eigenvalue weighted by Crippen LogP contribution is 2.27. The van der Waals surface area contributed by atoms with E-state index in [-0.39, 0.29) is 17.9 Å². The van der Waals surface area contributed by atoms with Gasteiger partial charge in [-0.05, 0) is 69.2 Å². The number of aryl methyl sites for hydroxylation is 2. The van der Waals surface area contributed by atoms with Crippen LogP contribution in [0.1, 0.15) is 44.2 Å². The summed E-state index contributed by atoms with van der Waals surface area (Å²) in [5, 5.41) is 0. The normalized spacial score (nSPS) is 20.1. The van der Waals surface area contributed by atoms with Gasteiger partial charge in [0.15, 0.2) is 0 Å². The molecule has 9 heteroatoms. The first-order valence-corrected chi connectivity index (χ1v) is 13.7. The van der Waals surface area contributed by atoms with Crippen molar-refractivity contribution >= 4 is 22.0 Å². The summed E-state index contributed by atoms with van der Waals surface area (Å²) < 4.78 is 27.8. The Labute approximate surface area is 197 Å². The van der Waals surface area contributed by atoms with E-state index in [1.54, 1.807) is 11.0 Å². The van der Waals surface area contributed by atoms with E-state index < -0.39 is 10.0 Å². The molecule has 1 aliphatic carbocycles. The molecule has 0 atom stereocenters. The number of sulfonamides is 1. The Kier molecular flexibility index (Phi) is 7.28. The van der Waals surface area contributed by atoms with Crippen molar-refractivity contribution in [3.63, 3.8) is 0 Å². The number of hydrogen-bond donors (Lipinski definition) is 0. The Morgan fingerprint density at radius 2 is 1.55 bits per heavy atom. The number of fused-ring (bicyclic) bond motifs is 1. The molecule has 0 unspecified atom stereocenters. The summed E-state index contributed by atoms with van der Waals surface area (Å²) in [4.78, 5) is 31.4. The van der Waals surface area contributed by atoms with E-state index in [0.717, 1.165) is 24.8 Å². The van der Waals surface area contributed by atoms with Crippen LogP contribution in [-0.2, 0) is 27.7 Å². The van der Waals surface area contributed by atoms with Crippen LogP contribution in [0.15, 0.2) is 23.1 Å². The highest BCUT2D eigenvalue weighted by Gasteiger charge is 2.35. The van der Waals surface area contributed by atoms with E-state index in [2.05, 4.69) is 0 Å². The quantitative estimate of drug-likeness (QED) is 0.652. The Balaban J connectivity index is 1.30. The number of carbonyl (C=O) groups excluding carboxylic acids is 2. The van der Waals surface area contributed by atoms with E-state index in [0.29, 0.717) is 70.1 Å². The molecule has 8 nitrogen and oxygen atoms in total. The first kappa shape index (κ1) is 24.0. The third-order valence-corrected chi connectivity index (χ3v) is 9.30. The molecule has 1 aromatic rings. The number of urea groups is 1. The fraction of sp³-hybridized carbons (Fsp3) is 0.667. The Morgan fingerprint density at radius 3 is 2.18 bits per heavy atom. The Morgan fingerprint density at radius 1 is 0.909 bits per heavy atom. The van der Waals surface area contributed by atoms with Crippen molar-refractivity contribution in [2.45, 2.75) is 50.8 Å². The number of carbonyl (C=O) groups is 2. The molecule has 4 rings (SSSR count). The SMILES string of the molecule is CCN(CC)C(=O)N1CCC(C(=O)N2CCN(S(=O)(=O)c3ccc4c(c3)CCC4)CC2)CC1. The summed E-state index contributed by atoms with van der Waals surface area (Å²) in [5.74, 6) is 0.00476. The van der Waals surface area contributed by atoms with Crippen molar-refractivity contribution in [1.82, 2.24) is 19.0 Å². The van der Waals surface area contributed by atoms with Gasteiger partial charge in [-0.25, -0.2) is 13.2 Å². The standard InChI is InChI=1S/C24H36N4O4S/c1-3-25(4-2)24(30)27-12-10-20(11-13-27)23(29)26-14-16-28(17-15-26)33(31,32)22-9-8-19-6-5-7-21(19)18-22/h8-9,18,20H,3-7,10-17H2,1-2H3. The predicted octanol–water partition coefficient (Wildman–Crippen LogP) is 2.18. The van der Waals surface area contributed by atoms with Crippen molar-refractivity contribution in [2.75, 3.05) is 52.4 Å². The molecule has 2 fully saturated rings. The van der Waals surface area contributed by atoms with Gasteiger partial charge in [0.1, 0.15) is 0 Å². The van der Waals surface area contributed by atoms with Crippen LogP contribution in [0.3, 0.4) is 0 Å². The predicted molar refractivity (Wildman–Crippen MR) is 126 cm³/mol. The van der Waals surface area contributed by atoms with Gasteiger partial charge < -0.3 is 14.7 Å². The number of piperazine rings is 1. The van der Waals surface area contributed by atoms with Crippen molar-refractivity contribution in [1.29, 1.82) is 0 Å². The van der Waals surface area contributed by atoms with E-state index in [1.165, 1.54) is 9.87 Å². The molecule has 2 aliphatic heterocycles. The van der Waals surface area contributed by atoms with Gasteiger partial charge in [0.25, 0.3) is 0 Å². The van der Waals surface area contributed by atoms with Gasteiger partial charge in [0.05, 0.1) is 4.90 Å². The van der Waals surface area contributed by atoms with E-state index in [9.17, 15) is 18.0 Å². The smallest absolute Gasteiger partial charge is 0.319 e. The van der Waals surface area contributed by atoms with E-state index in [4.69, 9.17) is 0 Å². The lowest BCUT2D eigenvalue weighted by molar-refractivity contribution is -0.138. The minimum Gasteiger partial charge on any atom is -0.340 e. The first-order valence-electron chi connectivity index (χ1n) is 12.3. The lowest BCUT2D eigenvalue weighted by Gasteiger charge is -2.39. The minimum absolute atomic E-state index is 0.0521. The monoisotopic (exact) mass is 476 g/mol. The second-order valence-corrected chi connectivity index (χ2v) is 11.2. The molecule has 0 N–H and O–H groups in total. The number of likely N-dealkylation sites (tertiary alicyclic amines) is 1. The number of benzene rings is 1. The lowest BCUT2D eigenvalue weighted by Crippen LogP contribution is -2.53. The third-order valence-electron chi connectivity index (χ3n) is 7.41. The van der Waals surface area contributed by atoms with Crippen LogP contribution >= 0.6 is 0 Å². The summed E-state index contributed by atoms with van der Waals surface area (Å²) in [6.07, 6.45) is 4.39. The third kappa shape index (κ3) is 4.89. The maximum atomic E-state index is 13.2. The van der Waals surface area contributed by atoms with Gasteiger partial charge >= 0.3 is 6.03 Å². The number of amides is 3. The maximum absolute atomic E-state index is 13.2. The lowest BCUT2D eigenvalue weighted by atomic mass is 9.95. The van der Waals surface area contributed by atoms with Gasteiger partial charge in [-0.1, -0.05) is 6.07 Å². The molecular weight excluding hydrogens is 440 g/mol. The highest BCUT2D eigenvalue weighted by atomic mass is 32.2. The van der Waals surface area contributed by atoms with Crippen LogP contribution in [0.4, 0.5) is 4.79 Å². The second kappa shape index (κ2) is 10.0. The van der Waals surface area contributed by atoms with Crippen LogP contribution in [0.2, 0.25) is 0 Å². The molecule has 1 aromatic carbocycles. The van der Waals surface area contributed by atoms with Crippen LogP contribution in [0.25, 0.3) is 0 Å².